The molecule has 1 saturated heterocycles. The minimum Gasteiger partial charge on any atom is -0.383 e. The van der Waals surface area contributed by atoms with Gasteiger partial charge in [0, 0.05) is 27.6 Å². The van der Waals surface area contributed by atoms with Gasteiger partial charge in [0.25, 0.3) is 0 Å². The summed E-state index contributed by atoms with van der Waals surface area (Å²) in [4.78, 5) is 14.3. The van der Waals surface area contributed by atoms with Crippen molar-refractivity contribution in [2.75, 3.05) is 5.75 Å². The van der Waals surface area contributed by atoms with Crippen molar-refractivity contribution in [1.29, 1.82) is 0 Å². The second kappa shape index (κ2) is 11.6. The Labute approximate surface area is 208 Å². The number of hydrogen-bond acceptors (Lipinski definition) is 5. The molecular weight excluding hydrogens is 463 g/mol. The molecule has 35 heavy (non-hydrogen) atoms. The molecule has 1 aliphatic heterocycles. The number of benzene rings is 2. The first kappa shape index (κ1) is 24.4. The van der Waals surface area contributed by atoms with Crippen LogP contribution in [0.25, 0.3) is 0 Å². The number of halogens is 1. The van der Waals surface area contributed by atoms with Gasteiger partial charge in [0.05, 0.1) is 11.9 Å². The number of amidine groups is 2. The smallest absolute Gasteiger partial charge is 0.190 e. The molecule has 1 fully saturated rings. The lowest BCUT2D eigenvalue weighted by atomic mass is 10.0. The molecule has 0 saturated carbocycles. The summed E-state index contributed by atoms with van der Waals surface area (Å²) in [6.45, 7) is 4.41. The van der Waals surface area contributed by atoms with Crippen molar-refractivity contribution in [2.45, 2.75) is 32.7 Å². The van der Waals surface area contributed by atoms with Gasteiger partial charge in [0.2, 0.25) is 0 Å². The molecule has 2 aliphatic rings. The fraction of sp³-hybridized carbons (Fsp3) is 0.231. The Kier molecular flexibility index (Phi) is 8.10. The molecule has 7 nitrogen and oxygen atoms in total. The molecule has 180 valence electrons. The van der Waals surface area contributed by atoms with Crippen molar-refractivity contribution in [3.05, 3.63) is 83.1 Å². The third kappa shape index (κ3) is 6.24. The van der Waals surface area contributed by atoms with Gasteiger partial charge in [0.1, 0.15) is 12.2 Å². The second-order valence-electron chi connectivity index (χ2n) is 8.22. The van der Waals surface area contributed by atoms with Crippen LogP contribution >= 0.6 is 11.8 Å². The fourth-order valence-electron chi connectivity index (χ4n) is 3.70. The van der Waals surface area contributed by atoms with Crippen LogP contribution in [0.5, 0.6) is 5.75 Å². The van der Waals surface area contributed by atoms with Crippen LogP contribution in [0.15, 0.2) is 92.1 Å². The van der Waals surface area contributed by atoms with Gasteiger partial charge in [0.15, 0.2) is 10.9 Å². The van der Waals surface area contributed by atoms with E-state index in [0.29, 0.717) is 17.6 Å². The standard InChI is InChI=1S/C26H27FN6OS/c1-18-5-3-4-6-24(18)33-19(2)16-35-26(33)32-31-15-20-7-9-21(10-8-20)25(28)30-17-29-22-11-13-23(34-27)14-12-22/h4,6-15,17,19H,3,5,16H2,1-2H3,(H2,28,29,30)/b31-15+,32-26-. The molecule has 1 aliphatic carbocycles. The summed E-state index contributed by atoms with van der Waals surface area (Å²) in [5.74, 6) is 1.44. The van der Waals surface area contributed by atoms with E-state index in [1.165, 1.54) is 29.7 Å². The molecule has 0 bridgehead atoms. The molecule has 4 rings (SSSR count). The van der Waals surface area contributed by atoms with Gasteiger partial charge in [-0.2, -0.15) is 5.10 Å². The Bertz CT molecular complexity index is 1220. The van der Waals surface area contributed by atoms with E-state index in [4.69, 9.17) is 5.73 Å². The number of allylic oxidation sites excluding steroid dienone is 3. The van der Waals surface area contributed by atoms with Crippen LogP contribution in [0.3, 0.4) is 0 Å². The third-order valence-corrected chi connectivity index (χ3v) is 6.83. The van der Waals surface area contributed by atoms with Crippen molar-refractivity contribution >= 4 is 41.0 Å². The zero-order valence-electron chi connectivity index (χ0n) is 19.6. The Hall–Kier alpha value is -3.72. The summed E-state index contributed by atoms with van der Waals surface area (Å²) in [5, 5.41) is 9.77. The van der Waals surface area contributed by atoms with Gasteiger partial charge in [-0.1, -0.05) is 42.1 Å². The molecule has 1 unspecified atom stereocenters. The molecule has 1 heterocycles. The van der Waals surface area contributed by atoms with Gasteiger partial charge >= 0.3 is 0 Å². The quantitative estimate of drug-likeness (QED) is 0.303. The molecule has 2 aromatic rings. The summed E-state index contributed by atoms with van der Waals surface area (Å²) in [6, 6.07) is 14.1. The van der Waals surface area contributed by atoms with Crippen molar-refractivity contribution in [1.82, 2.24) is 4.90 Å². The number of hydrogen-bond donors (Lipinski definition) is 1. The molecule has 1 atom stereocenters. The lowest BCUT2D eigenvalue weighted by molar-refractivity contribution is -0.00618. The van der Waals surface area contributed by atoms with Crippen LogP contribution in [0, 0.1) is 0 Å². The number of nitrogens with zero attached hydrogens (tertiary/aromatic N) is 5. The Balaban J connectivity index is 1.39. The first-order valence-corrected chi connectivity index (χ1v) is 12.3. The Morgan fingerprint density at radius 3 is 2.66 bits per heavy atom. The maximum absolute atomic E-state index is 12.1. The van der Waals surface area contributed by atoms with E-state index in [2.05, 4.69) is 56.0 Å². The summed E-state index contributed by atoms with van der Waals surface area (Å²) in [5.41, 5.74) is 11.0. The van der Waals surface area contributed by atoms with E-state index in [1.54, 1.807) is 30.1 Å². The molecular formula is C26H27FN6OS. The lowest BCUT2D eigenvalue weighted by Gasteiger charge is -2.27. The van der Waals surface area contributed by atoms with Crippen LogP contribution in [-0.2, 0) is 0 Å². The first-order chi connectivity index (χ1) is 17.0. The molecule has 0 aromatic heterocycles. The highest BCUT2D eigenvalue weighted by Gasteiger charge is 2.30. The van der Waals surface area contributed by atoms with Crippen molar-refractivity contribution < 1.29 is 9.47 Å². The fourth-order valence-corrected chi connectivity index (χ4v) is 4.76. The van der Waals surface area contributed by atoms with E-state index < -0.39 is 0 Å². The number of rotatable bonds is 7. The number of thioether (sulfide) groups is 1. The highest BCUT2D eigenvalue weighted by atomic mass is 32.2. The van der Waals surface area contributed by atoms with Gasteiger partial charge in [-0.05, 0) is 68.2 Å². The van der Waals surface area contributed by atoms with Gasteiger partial charge in [-0.15, -0.1) is 5.10 Å². The predicted molar refractivity (Wildman–Crippen MR) is 143 cm³/mol. The summed E-state index contributed by atoms with van der Waals surface area (Å²) in [6.07, 6.45) is 9.70. The normalized spacial score (nSPS) is 20.1. The minimum absolute atomic E-state index is 0.115. The Morgan fingerprint density at radius 2 is 1.94 bits per heavy atom. The van der Waals surface area contributed by atoms with Crippen LogP contribution in [0.1, 0.15) is 37.8 Å². The predicted octanol–water partition coefficient (Wildman–Crippen LogP) is 5.77. The van der Waals surface area contributed by atoms with E-state index in [0.717, 1.165) is 34.9 Å². The zero-order chi connectivity index (χ0) is 24.6. The second-order valence-corrected chi connectivity index (χ2v) is 9.20. The summed E-state index contributed by atoms with van der Waals surface area (Å²) >= 11 is 1.73. The highest BCUT2D eigenvalue weighted by molar-refractivity contribution is 8.14. The van der Waals surface area contributed by atoms with Crippen molar-refractivity contribution in [3.8, 4) is 5.75 Å². The zero-order valence-corrected chi connectivity index (χ0v) is 20.5. The topological polar surface area (TPSA) is 87.9 Å². The van der Waals surface area contributed by atoms with Crippen LogP contribution < -0.4 is 10.7 Å². The first-order valence-electron chi connectivity index (χ1n) is 11.3. The molecule has 0 radical (unpaired) electrons. The van der Waals surface area contributed by atoms with E-state index in [-0.39, 0.29) is 5.75 Å². The van der Waals surface area contributed by atoms with Gasteiger partial charge < -0.3 is 10.6 Å². The summed E-state index contributed by atoms with van der Waals surface area (Å²) in [7, 11) is 0. The third-order valence-electron chi connectivity index (χ3n) is 5.64. The maximum atomic E-state index is 12.1. The average molecular weight is 491 g/mol. The van der Waals surface area contributed by atoms with E-state index in [1.807, 2.05) is 24.3 Å². The molecule has 0 amide bonds. The largest absolute Gasteiger partial charge is 0.383 e. The maximum Gasteiger partial charge on any atom is 0.190 e. The minimum atomic E-state index is 0.115. The van der Waals surface area contributed by atoms with E-state index >= 15 is 0 Å². The Morgan fingerprint density at radius 1 is 1.17 bits per heavy atom. The SMILES string of the molecule is CC1=C(N2/C(=N/N=C/c3ccc(C(N)=NC=Nc4ccc(OF)cc4)cc3)SCC2C)C=CCC1. The number of aliphatic imine (C=N–C) groups is 2. The highest BCUT2D eigenvalue weighted by Crippen LogP contribution is 2.32. The average Bonchev–Trinajstić information content (AvgIpc) is 3.25. The van der Waals surface area contributed by atoms with Gasteiger partial charge in [-0.25, -0.2) is 9.98 Å². The monoisotopic (exact) mass is 490 g/mol. The van der Waals surface area contributed by atoms with Crippen LogP contribution in [0.2, 0.25) is 0 Å². The van der Waals surface area contributed by atoms with E-state index in [9.17, 15) is 4.53 Å². The number of nitrogens with two attached hydrogens (primary N) is 1. The molecule has 2 N–H and O–H groups in total. The summed E-state index contributed by atoms with van der Waals surface area (Å²) < 4.78 is 12.1. The molecule has 9 heteroatoms. The van der Waals surface area contributed by atoms with Crippen molar-refractivity contribution in [2.24, 2.45) is 25.9 Å². The van der Waals surface area contributed by atoms with Gasteiger partial charge in [-0.3, -0.25) is 4.94 Å². The van der Waals surface area contributed by atoms with Crippen molar-refractivity contribution in [3.63, 3.8) is 0 Å². The van der Waals surface area contributed by atoms with Crippen LogP contribution in [-0.4, -0.2) is 40.3 Å². The van der Waals surface area contributed by atoms with Crippen LogP contribution in [0.4, 0.5) is 10.2 Å². The molecule has 2 aromatic carbocycles. The molecule has 0 spiro atoms. The lowest BCUT2D eigenvalue weighted by Crippen LogP contribution is -2.31.